The van der Waals surface area contributed by atoms with E-state index in [4.69, 9.17) is 0 Å². The van der Waals surface area contributed by atoms with Crippen LogP contribution in [0.1, 0.15) is 36.8 Å². The first-order chi connectivity index (χ1) is 14.3. The van der Waals surface area contributed by atoms with Crippen LogP contribution in [0.4, 0.5) is 18.9 Å². The van der Waals surface area contributed by atoms with E-state index >= 15 is 0 Å². The minimum Gasteiger partial charge on any atom is -0.322 e. The zero-order valence-electron chi connectivity index (χ0n) is 15.6. The molecule has 3 aromatic rings. The van der Waals surface area contributed by atoms with Gasteiger partial charge in [-0.3, -0.25) is 9.78 Å². The monoisotopic (exact) mass is 495 g/mol. The number of carbonyl (C=O) groups excluding carboxylic acids is 1. The molecule has 2 N–H and O–H groups in total. The smallest absolute Gasteiger partial charge is 0.322 e. The molecule has 156 valence electrons. The van der Waals surface area contributed by atoms with Crippen LogP contribution in [0.5, 0.6) is 0 Å². The topological polar surface area (TPSA) is 54.0 Å². The molecule has 0 saturated carbocycles. The zero-order valence-corrected chi connectivity index (χ0v) is 18.0. The molecule has 0 unspecified atom stereocenters. The van der Waals surface area contributed by atoms with Crippen molar-refractivity contribution in [1.82, 2.24) is 10.3 Å². The molecule has 0 spiro atoms. The Morgan fingerprint density at radius 1 is 1.27 bits per heavy atom. The number of nitrogens with zero attached hydrogens (tertiary/aromatic N) is 1. The van der Waals surface area contributed by atoms with Crippen molar-refractivity contribution in [2.24, 2.45) is 0 Å². The van der Waals surface area contributed by atoms with Gasteiger partial charge in [-0.1, -0.05) is 6.07 Å². The number of halogens is 4. The zero-order chi connectivity index (χ0) is 21.3. The predicted molar refractivity (Wildman–Crippen MR) is 114 cm³/mol. The van der Waals surface area contributed by atoms with E-state index in [0.29, 0.717) is 24.9 Å². The first-order valence-corrected chi connectivity index (χ1v) is 10.8. The average Bonchev–Trinajstić information content (AvgIpc) is 3.05. The molecular weight excluding hydrogens is 479 g/mol. The first kappa shape index (κ1) is 21.0. The predicted octanol–water partition coefficient (Wildman–Crippen LogP) is 5.41. The number of pyridine rings is 1. The van der Waals surface area contributed by atoms with Crippen LogP contribution in [0, 0.1) is 0 Å². The Kier molecular flexibility index (Phi) is 5.95. The molecule has 1 aliphatic heterocycles. The molecule has 4 nitrogen and oxygen atoms in total. The third kappa shape index (κ3) is 4.58. The number of carbonyl (C=O) groups is 1. The van der Waals surface area contributed by atoms with Gasteiger partial charge in [0.15, 0.2) is 0 Å². The SMILES string of the molecule is O=C(Nc1cccc(C(F)(F)F)c1)c1c(Cc2cncc(Br)c2)sc2c1CCNC2. The normalized spacial score (nSPS) is 13.7. The second kappa shape index (κ2) is 8.49. The number of fused-ring (bicyclic) bond motifs is 1. The van der Waals surface area contributed by atoms with Crippen molar-refractivity contribution in [2.45, 2.75) is 25.6 Å². The van der Waals surface area contributed by atoms with Gasteiger partial charge in [0, 0.05) is 45.3 Å². The molecule has 0 aliphatic carbocycles. The lowest BCUT2D eigenvalue weighted by atomic mass is 9.99. The molecule has 0 bridgehead atoms. The van der Waals surface area contributed by atoms with Gasteiger partial charge in [-0.05, 0) is 64.3 Å². The van der Waals surface area contributed by atoms with Crippen LogP contribution in [0.2, 0.25) is 0 Å². The van der Waals surface area contributed by atoms with Gasteiger partial charge in [0.25, 0.3) is 5.91 Å². The maximum Gasteiger partial charge on any atom is 0.416 e. The second-order valence-electron chi connectivity index (χ2n) is 6.95. The molecule has 4 rings (SSSR count). The van der Waals surface area contributed by atoms with Crippen molar-refractivity contribution in [3.63, 3.8) is 0 Å². The Balaban J connectivity index is 1.67. The number of nitrogens with one attached hydrogen (secondary N) is 2. The van der Waals surface area contributed by atoms with Crippen molar-refractivity contribution in [1.29, 1.82) is 0 Å². The van der Waals surface area contributed by atoms with Gasteiger partial charge in [-0.25, -0.2) is 0 Å². The summed E-state index contributed by atoms with van der Waals surface area (Å²) < 4.78 is 39.9. The van der Waals surface area contributed by atoms with Crippen molar-refractivity contribution in [3.8, 4) is 0 Å². The number of alkyl halides is 3. The summed E-state index contributed by atoms with van der Waals surface area (Å²) in [5.74, 6) is -0.383. The van der Waals surface area contributed by atoms with Crippen LogP contribution in [0.25, 0.3) is 0 Å². The fourth-order valence-corrected chi connectivity index (χ4v) is 5.25. The minimum atomic E-state index is -4.47. The van der Waals surface area contributed by atoms with Gasteiger partial charge < -0.3 is 10.6 Å². The van der Waals surface area contributed by atoms with E-state index in [1.807, 2.05) is 6.07 Å². The fraction of sp³-hybridized carbons (Fsp3) is 0.238. The summed E-state index contributed by atoms with van der Waals surface area (Å²) in [7, 11) is 0. The van der Waals surface area contributed by atoms with E-state index in [0.717, 1.165) is 44.0 Å². The Bertz CT molecular complexity index is 1100. The Morgan fingerprint density at radius 2 is 2.10 bits per heavy atom. The molecule has 1 amide bonds. The maximum atomic E-state index is 13.2. The van der Waals surface area contributed by atoms with E-state index in [-0.39, 0.29) is 11.6 Å². The molecule has 30 heavy (non-hydrogen) atoms. The standard InChI is InChI=1S/C21H17BrF3N3OS/c22-14-6-12(9-27-10-14)7-17-19(16-4-5-26-11-18(16)30-17)20(29)28-15-3-1-2-13(8-15)21(23,24)25/h1-3,6,8-10,26H,4-5,7,11H2,(H,28,29). The van der Waals surface area contributed by atoms with Gasteiger partial charge in [0.1, 0.15) is 0 Å². The number of benzene rings is 1. The van der Waals surface area contributed by atoms with Crippen molar-refractivity contribution in [3.05, 3.63) is 79.2 Å². The number of hydrogen-bond donors (Lipinski definition) is 2. The van der Waals surface area contributed by atoms with Crippen LogP contribution >= 0.6 is 27.3 Å². The lowest BCUT2D eigenvalue weighted by molar-refractivity contribution is -0.137. The van der Waals surface area contributed by atoms with Gasteiger partial charge in [0.05, 0.1) is 11.1 Å². The van der Waals surface area contributed by atoms with Crippen LogP contribution < -0.4 is 10.6 Å². The summed E-state index contributed by atoms with van der Waals surface area (Å²) in [6, 6.07) is 6.64. The highest BCUT2D eigenvalue weighted by Gasteiger charge is 2.31. The summed E-state index contributed by atoms with van der Waals surface area (Å²) in [4.78, 5) is 19.3. The number of thiophene rings is 1. The van der Waals surface area contributed by atoms with E-state index in [1.54, 1.807) is 23.7 Å². The number of hydrogen-bond acceptors (Lipinski definition) is 4. The summed E-state index contributed by atoms with van der Waals surface area (Å²) in [6.07, 6.45) is 0.195. The molecule has 2 aromatic heterocycles. The summed E-state index contributed by atoms with van der Waals surface area (Å²) in [6.45, 7) is 1.44. The van der Waals surface area contributed by atoms with Gasteiger partial charge >= 0.3 is 6.18 Å². The van der Waals surface area contributed by atoms with E-state index in [9.17, 15) is 18.0 Å². The highest BCUT2D eigenvalue weighted by Crippen LogP contribution is 2.34. The molecule has 0 radical (unpaired) electrons. The number of amides is 1. The van der Waals surface area contributed by atoms with Gasteiger partial charge in [0.2, 0.25) is 0 Å². The maximum absolute atomic E-state index is 13.2. The molecule has 3 heterocycles. The summed E-state index contributed by atoms with van der Waals surface area (Å²) >= 11 is 4.97. The first-order valence-electron chi connectivity index (χ1n) is 9.23. The minimum absolute atomic E-state index is 0.124. The molecule has 1 aliphatic rings. The van der Waals surface area contributed by atoms with Gasteiger partial charge in [-0.15, -0.1) is 11.3 Å². The van der Waals surface area contributed by atoms with Crippen LogP contribution in [-0.2, 0) is 25.6 Å². The molecule has 0 saturated heterocycles. The number of rotatable bonds is 4. The third-order valence-electron chi connectivity index (χ3n) is 4.80. The summed E-state index contributed by atoms with van der Waals surface area (Å²) in [5.41, 5.74) is 1.81. The largest absolute Gasteiger partial charge is 0.416 e. The van der Waals surface area contributed by atoms with Crippen molar-refractivity contribution in [2.75, 3.05) is 11.9 Å². The third-order valence-corrected chi connectivity index (χ3v) is 6.47. The Morgan fingerprint density at radius 3 is 2.87 bits per heavy atom. The van der Waals surface area contributed by atoms with E-state index in [1.165, 1.54) is 12.1 Å². The quantitative estimate of drug-likeness (QED) is 0.508. The number of anilines is 1. The van der Waals surface area contributed by atoms with Crippen molar-refractivity contribution >= 4 is 38.9 Å². The van der Waals surface area contributed by atoms with Crippen LogP contribution in [0.15, 0.2) is 47.2 Å². The highest BCUT2D eigenvalue weighted by molar-refractivity contribution is 9.10. The average molecular weight is 496 g/mol. The molecule has 0 atom stereocenters. The fourth-order valence-electron chi connectivity index (χ4n) is 3.48. The van der Waals surface area contributed by atoms with E-state index < -0.39 is 11.7 Å². The molecular formula is C21H17BrF3N3OS. The summed E-state index contributed by atoms with van der Waals surface area (Å²) in [5, 5.41) is 5.97. The van der Waals surface area contributed by atoms with Crippen LogP contribution in [-0.4, -0.2) is 17.4 Å². The van der Waals surface area contributed by atoms with E-state index in [2.05, 4.69) is 31.5 Å². The Labute approximate surface area is 183 Å². The van der Waals surface area contributed by atoms with Crippen LogP contribution in [0.3, 0.4) is 0 Å². The number of aromatic nitrogens is 1. The van der Waals surface area contributed by atoms with Gasteiger partial charge in [-0.2, -0.15) is 13.2 Å². The second-order valence-corrected chi connectivity index (χ2v) is 9.06. The molecule has 0 fully saturated rings. The Hall–Kier alpha value is -2.23. The highest BCUT2D eigenvalue weighted by atomic mass is 79.9. The van der Waals surface area contributed by atoms with Crippen molar-refractivity contribution < 1.29 is 18.0 Å². The lowest BCUT2D eigenvalue weighted by Crippen LogP contribution is -2.24. The molecule has 9 heteroatoms. The molecule has 1 aromatic carbocycles. The lowest BCUT2D eigenvalue weighted by Gasteiger charge is -2.15.